The van der Waals surface area contributed by atoms with Crippen molar-refractivity contribution < 1.29 is 1.37 Å². The largest absolute Gasteiger partial charge is 0.0591 e. The third-order valence-electron chi connectivity index (χ3n) is 1.12. The van der Waals surface area contributed by atoms with E-state index in [1.807, 2.05) is 31.2 Å². The molecule has 0 fully saturated rings. The summed E-state index contributed by atoms with van der Waals surface area (Å²) in [4.78, 5) is 0. The Bertz CT molecular complexity index is 176. The Kier molecular flexibility index (Phi) is 1.03. The van der Waals surface area contributed by atoms with Gasteiger partial charge in [0, 0.05) is 1.37 Å². The highest BCUT2D eigenvalue weighted by atomic mass is 13.9. The van der Waals surface area contributed by atoms with Crippen molar-refractivity contribution in [3.05, 3.63) is 35.4 Å². The molecule has 0 bridgehead atoms. The maximum absolute atomic E-state index is 7.01. The minimum Gasteiger partial charge on any atom is -0.0591 e. The third-order valence-corrected chi connectivity index (χ3v) is 1.12. The van der Waals surface area contributed by atoms with Crippen molar-refractivity contribution in [3.63, 3.8) is 0 Å². The van der Waals surface area contributed by atoms with Gasteiger partial charge >= 0.3 is 0 Å². The average molecular weight is 108 g/mol. The standard InChI is InChI=1S/C8H10/c1-7-3-5-8(2)6-4-7/h3-6H,1-2H3/i1T. The molecule has 0 N–H and O–H groups in total. The number of hydrogen-bond donors (Lipinski definition) is 0. The minimum atomic E-state index is 0.389. The second kappa shape index (κ2) is 1.99. The van der Waals surface area contributed by atoms with Crippen LogP contribution in [0.5, 0.6) is 0 Å². The van der Waals surface area contributed by atoms with Crippen LogP contribution in [-0.4, -0.2) is 0 Å². The molecule has 0 heteroatoms. The van der Waals surface area contributed by atoms with E-state index in [0.29, 0.717) is 6.90 Å². The van der Waals surface area contributed by atoms with E-state index in [4.69, 9.17) is 1.37 Å². The van der Waals surface area contributed by atoms with E-state index in [1.54, 1.807) is 0 Å². The van der Waals surface area contributed by atoms with Crippen LogP contribution in [0.1, 0.15) is 12.5 Å². The molecule has 0 aliphatic carbocycles. The first-order valence-corrected chi connectivity index (χ1v) is 2.67. The van der Waals surface area contributed by atoms with Crippen LogP contribution in [0.2, 0.25) is 0 Å². The van der Waals surface area contributed by atoms with E-state index in [9.17, 15) is 0 Å². The Balaban J connectivity index is 2.88. The Hall–Kier alpha value is -0.780. The molecular formula is C8H10. The van der Waals surface area contributed by atoms with Crippen LogP contribution < -0.4 is 0 Å². The lowest BCUT2D eigenvalue weighted by atomic mass is 10.2. The van der Waals surface area contributed by atoms with Crippen molar-refractivity contribution in [1.82, 2.24) is 0 Å². The van der Waals surface area contributed by atoms with Gasteiger partial charge in [0.25, 0.3) is 0 Å². The number of rotatable bonds is 0. The maximum atomic E-state index is 7.01. The predicted molar refractivity (Wildman–Crippen MR) is 35.9 cm³/mol. The molecule has 42 valence electrons. The van der Waals surface area contributed by atoms with Gasteiger partial charge in [0.1, 0.15) is 0 Å². The summed E-state index contributed by atoms with van der Waals surface area (Å²) in [6, 6.07) is 8.04. The Morgan fingerprint density at radius 3 is 2.12 bits per heavy atom. The summed E-state index contributed by atoms with van der Waals surface area (Å²) in [5.41, 5.74) is 2.34. The summed E-state index contributed by atoms with van der Waals surface area (Å²) < 4.78 is 7.01. The second-order valence-electron chi connectivity index (χ2n) is 1.99. The molecule has 0 amide bonds. The summed E-state index contributed by atoms with van der Waals surface area (Å²) in [7, 11) is 0. The highest BCUT2D eigenvalue weighted by Crippen LogP contribution is 1.99. The van der Waals surface area contributed by atoms with Crippen molar-refractivity contribution >= 4 is 0 Å². The van der Waals surface area contributed by atoms with Crippen molar-refractivity contribution in [2.24, 2.45) is 0 Å². The molecule has 0 aromatic heterocycles. The molecule has 1 rings (SSSR count). The van der Waals surface area contributed by atoms with Crippen LogP contribution in [0.15, 0.2) is 24.3 Å². The highest BCUT2D eigenvalue weighted by Gasteiger charge is 1.79. The number of benzene rings is 1. The van der Waals surface area contributed by atoms with Crippen LogP contribution in [0.3, 0.4) is 0 Å². The van der Waals surface area contributed by atoms with Crippen LogP contribution in [0, 0.1) is 13.8 Å². The highest BCUT2D eigenvalue weighted by molar-refractivity contribution is 5.19. The topological polar surface area (TPSA) is 0 Å². The van der Waals surface area contributed by atoms with Gasteiger partial charge in [-0.05, 0) is 13.8 Å². The zero-order valence-corrected chi connectivity index (χ0v) is 5.02. The SMILES string of the molecule is [3H]Cc1ccc(C)cc1. The molecule has 1 aromatic carbocycles. The summed E-state index contributed by atoms with van der Waals surface area (Å²) in [6.45, 7) is 2.44. The normalized spacial score (nSPS) is 10.9. The molecule has 0 spiro atoms. The Morgan fingerprint density at radius 2 is 1.62 bits per heavy atom. The van der Waals surface area contributed by atoms with Crippen molar-refractivity contribution in [2.45, 2.75) is 13.8 Å². The molecule has 0 atom stereocenters. The Labute approximate surface area is 51.6 Å². The van der Waals surface area contributed by atoms with E-state index in [2.05, 4.69) is 0 Å². The van der Waals surface area contributed by atoms with Crippen LogP contribution in [-0.2, 0) is 0 Å². The first kappa shape index (κ1) is 4.13. The molecule has 0 heterocycles. The van der Waals surface area contributed by atoms with E-state index in [-0.39, 0.29) is 0 Å². The first-order chi connectivity index (χ1) is 4.33. The summed E-state index contributed by atoms with van der Waals surface area (Å²) in [6.07, 6.45) is 0. The molecule has 0 aliphatic rings. The molecular weight excluding hydrogens is 96.1 g/mol. The fourth-order valence-corrected chi connectivity index (χ4v) is 0.588. The zero-order chi connectivity index (χ0) is 6.69. The zero-order valence-electron chi connectivity index (χ0n) is 6.02. The molecule has 0 unspecified atom stereocenters. The van der Waals surface area contributed by atoms with Gasteiger partial charge in [-0.3, -0.25) is 0 Å². The Morgan fingerprint density at radius 1 is 1.12 bits per heavy atom. The molecule has 0 aliphatic heterocycles. The molecule has 0 saturated heterocycles. The molecule has 0 saturated carbocycles. The minimum absolute atomic E-state index is 0.389. The first-order valence-electron chi connectivity index (χ1n) is 3.38. The number of hydrogen-bond acceptors (Lipinski definition) is 0. The smallest absolute Gasteiger partial charge is 0.0280 e. The van der Waals surface area contributed by atoms with E-state index in [0.717, 1.165) is 5.56 Å². The van der Waals surface area contributed by atoms with Crippen molar-refractivity contribution in [3.8, 4) is 0 Å². The number of aryl methyl sites for hydroxylation is 2. The third kappa shape index (κ3) is 1.09. The monoisotopic (exact) mass is 108 g/mol. The lowest BCUT2D eigenvalue weighted by Gasteiger charge is -1.90. The van der Waals surface area contributed by atoms with Gasteiger partial charge in [-0.25, -0.2) is 0 Å². The van der Waals surface area contributed by atoms with Gasteiger partial charge in [0.15, 0.2) is 0 Å². The summed E-state index contributed by atoms with van der Waals surface area (Å²) in [5.74, 6) is 0. The molecule has 8 heavy (non-hydrogen) atoms. The summed E-state index contributed by atoms with van der Waals surface area (Å²) in [5, 5.41) is 0. The van der Waals surface area contributed by atoms with Gasteiger partial charge < -0.3 is 0 Å². The van der Waals surface area contributed by atoms with Crippen LogP contribution in [0.4, 0.5) is 0 Å². The van der Waals surface area contributed by atoms with Crippen LogP contribution >= 0.6 is 0 Å². The van der Waals surface area contributed by atoms with E-state index >= 15 is 0 Å². The molecule has 0 radical (unpaired) electrons. The molecule has 0 nitrogen and oxygen atoms in total. The van der Waals surface area contributed by atoms with Gasteiger partial charge in [0.2, 0.25) is 0 Å². The summed E-state index contributed by atoms with van der Waals surface area (Å²) >= 11 is 0. The van der Waals surface area contributed by atoms with Gasteiger partial charge in [-0.1, -0.05) is 35.4 Å². The average Bonchev–Trinajstić information content (AvgIpc) is 1.90. The maximum Gasteiger partial charge on any atom is 0.0280 e. The second-order valence-corrected chi connectivity index (χ2v) is 1.99. The van der Waals surface area contributed by atoms with Crippen LogP contribution in [0.25, 0.3) is 0 Å². The predicted octanol–water partition coefficient (Wildman–Crippen LogP) is 2.30. The van der Waals surface area contributed by atoms with Gasteiger partial charge in [-0.2, -0.15) is 0 Å². The van der Waals surface area contributed by atoms with Crippen molar-refractivity contribution in [2.75, 3.05) is 0 Å². The van der Waals surface area contributed by atoms with Gasteiger partial charge in [-0.15, -0.1) is 0 Å². The fourth-order valence-electron chi connectivity index (χ4n) is 0.588. The van der Waals surface area contributed by atoms with Crippen molar-refractivity contribution in [1.29, 1.82) is 0 Å². The lowest BCUT2D eigenvalue weighted by molar-refractivity contribution is 1.40. The van der Waals surface area contributed by atoms with Gasteiger partial charge in [0.05, 0.1) is 0 Å². The van der Waals surface area contributed by atoms with E-state index < -0.39 is 0 Å². The fraction of sp³-hybridized carbons (Fsp3) is 0.250. The van der Waals surface area contributed by atoms with E-state index in [1.165, 1.54) is 5.56 Å². The molecule has 1 aromatic rings. The lowest BCUT2D eigenvalue weighted by Crippen LogP contribution is -1.70. The quantitative estimate of drug-likeness (QED) is 0.478.